The predicted molar refractivity (Wildman–Crippen MR) is 90.7 cm³/mol. The Hall–Kier alpha value is -2.79. The molecule has 0 unspecified atom stereocenters. The topological polar surface area (TPSA) is 67.4 Å². The minimum Gasteiger partial charge on any atom is -0.489 e. The fraction of sp³-hybridized carbons (Fsp3) is 0.111. The zero-order valence-electron chi connectivity index (χ0n) is 12.7. The van der Waals surface area contributed by atoms with Crippen molar-refractivity contribution in [2.24, 2.45) is 0 Å². The quantitative estimate of drug-likeness (QED) is 0.647. The Bertz CT molecular complexity index is 800. The number of imide groups is 1. The number of hydrogen-bond donors (Lipinski definition) is 2. The molecule has 24 heavy (non-hydrogen) atoms. The zero-order chi connectivity index (χ0) is 16.9. The number of hydrogen-bond acceptors (Lipinski definition) is 3. The number of carbonyl (C=O) groups is 2. The monoisotopic (exact) mass is 342 g/mol. The van der Waals surface area contributed by atoms with E-state index in [1.165, 1.54) is 0 Å². The number of urea groups is 1. The Morgan fingerprint density at radius 2 is 1.75 bits per heavy atom. The lowest BCUT2D eigenvalue weighted by atomic mass is 10.1. The molecule has 1 heterocycles. The zero-order valence-corrected chi connectivity index (χ0v) is 13.5. The lowest BCUT2D eigenvalue weighted by Crippen LogP contribution is -2.22. The molecule has 1 fully saturated rings. The highest BCUT2D eigenvalue weighted by atomic mass is 35.5. The molecule has 2 N–H and O–H groups in total. The normalized spacial score (nSPS) is 15.3. The molecule has 1 saturated heterocycles. The summed E-state index contributed by atoms with van der Waals surface area (Å²) in [6.07, 6.45) is 2.14. The second-order valence-electron chi connectivity index (χ2n) is 5.25. The molecule has 0 atom stereocenters. The summed E-state index contributed by atoms with van der Waals surface area (Å²) in [6.45, 7) is 0.419. The van der Waals surface area contributed by atoms with Crippen molar-refractivity contribution in [1.82, 2.24) is 10.6 Å². The Morgan fingerprint density at radius 3 is 2.46 bits per heavy atom. The molecule has 1 aliphatic heterocycles. The number of allylic oxidation sites excluding steroid dienone is 1. The minimum atomic E-state index is -0.501. The van der Waals surface area contributed by atoms with Crippen LogP contribution in [0.15, 0.2) is 60.3 Å². The average molecular weight is 343 g/mol. The molecule has 2 aromatic carbocycles. The van der Waals surface area contributed by atoms with Gasteiger partial charge in [0.25, 0.3) is 5.91 Å². The molecule has 2 aromatic rings. The first-order valence-electron chi connectivity index (χ1n) is 7.39. The lowest BCUT2D eigenvalue weighted by Gasteiger charge is -2.10. The molecule has 3 amide bonds. The summed E-state index contributed by atoms with van der Waals surface area (Å²) < 4.78 is 5.87. The standard InChI is InChI=1S/C18H15ClN2O3/c19-14-8-5-12(6-9-14)11-24-16-4-2-1-3-13(16)7-10-15-17(22)21-18(23)20-15/h1-6,8-10H,7,11H2,(H2,20,21,22,23). The fourth-order valence-corrected chi connectivity index (χ4v) is 2.42. The number of ether oxygens (including phenoxy) is 1. The van der Waals surface area contributed by atoms with Crippen molar-refractivity contribution >= 4 is 23.5 Å². The van der Waals surface area contributed by atoms with Gasteiger partial charge in [-0.3, -0.25) is 10.1 Å². The molecule has 0 radical (unpaired) electrons. The van der Waals surface area contributed by atoms with Gasteiger partial charge in [0.2, 0.25) is 0 Å². The van der Waals surface area contributed by atoms with Gasteiger partial charge < -0.3 is 10.1 Å². The van der Waals surface area contributed by atoms with Crippen LogP contribution in [0.3, 0.4) is 0 Å². The van der Waals surface area contributed by atoms with Crippen molar-refractivity contribution in [2.45, 2.75) is 13.0 Å². The van der Waals surface area contributed by atoms with Crippen molar-refractivity contribution in [3.8, 4) is 5.75 Å². The minimum absolute atomic E-state index is 0.257. The molecule has 0 spiro atoms. The van der Waals surface area contributed by atoms with E-state index in [2.05, 4.69) is 10.6 Å². The van der Waals surface area contributed by atoms with Gasteiger partial charge in [-0.15, -0.1) is 0 Å². The maximum absolute atomic E-state index is 11.5. The summed E-state index contributed by atoms with van der Waals surface area (Å²) in [5.74, 6) is 0.314. The summed E-state index contributed by atoms with van der Waals surface area (Å²) in [5.41, 5.74) is 2.19. The van der Waals surface area contributed by atoms with Gasteiger partial charge in [0, 0.05) is 5.02 Å². The van der Waals surface area contributed by atoms with Gasteiger partial charge in [0.05, 0.1) is 0 Å². The maximum atomic E-state index is 11.5. The highest BCUT2D eigenvalue weighted by molar-refractivity contribution is 6.30. The first kappa shape index (κ1) is 16.1. The molecule has 6 heteroatoms. The molecule has 0 saturated carbocycles. The van der Waals surface area contributed by atoms with Gasteiger partial charge in [-0.25, -0.2) is 4.79 Å². The molecule has 0 aromatic heterocycles. The van der Waals surface area contributed by atoms with E-state index in [4.69, 9.17) is 16.3 Å². The van der Waals surface area contributed by atoms with E-state index >= 15 is 0 Å². The van der Waals surface area contributed by atoms with Crippen LogP contribution in [0.25, 0.3) is 0 Å². The molecule has 5 nitrogen and oxygen atoms in total. The third-order valence-electron chi connectivity index (χ3n) is 3.53. The summed E-state index contributed by atoms with van der Waals surface area (Å²) in [5, 5.41) is 5.32. The SMILES string of the molecule is O=C1NC(=O)C(=CCc2ccccc2OCc2ccc(Cl)cc2)N1. The van der Waals surface area contributed by atoms with Crippen molar-refractivity contribution in [3.05, 3.63) is 76.5 Å². The van der Waals surface area contributed by atoms with Crippen LogP contribution in [0.4, 0.5) is 4.79 Å². The van der Waals surface area contributed by atoms with Crippen molar-refractivity contribution in [1.29, 1.82) is 0 Å². The van der Waals surface area contributed by atoms with Gasteiger partial charge in [-0.1, -0.05) is 48.0 Å². The highest BCUT2D eigenvalue weighted by Gasteiger charge is 2.22. The second kappa shape index (κ2) is 7.19. The average Bonchev–Trinajstić information content (AvgIpc) is 2.91. The summed E-state index contributed by atoms with van der Waals surface area (Å²) in [7, 11) is 0. The van der Waals surface area contributed by atoms with Crippen molar-refractivity contribution < 1.29 is 14.3 Å². The van der Waals surface area contributed by atoms with Crippen LogP contribution in [0.1, 0.15) is 11.1 Å². The first-order chi connectivity index (χ1) is 11.6. The summed E-state index contributed by atoms with van der Waals surface area (Å²) in [6, 6.07) is 14.5. The van der Waals surface area contributed by atoms with Crippen LogP contribution in [-0.4, -0.2) is 11.9 Å². The van der Waals surface area contributed by atoms with E-state index in [9.17, 15) is 9.59 Å². The largest absolute Gasteiger partial charge is 0.489 e. The molecule has 1 aliphatic rings. The number of amides is 3. The lowest BCUT2D eigenvalue weighted by molar-refractivity contribution is -0.115. The van der Waals surface area contributed by atoms with Gasteiger partial charge in [0.15, 0.2) is 0 Å². The van der Waals surface area contributed by atoms with Crippen molar-refractivity contribution in [3.63, 3.8) is 0 Å². The smallest absolute Gasteiger partial charge is 0.326 e. The molecular formula is C18H15ClN2O3. The number of benzene rings is 2. The van der Waals surface area contributed by atoms with Crippen LogP contribution in [-0.2, 0) is 17.8 Å². The van der Waals surface area contributed by atoms with Crippen LogP contribution in [0.2, 0.25) is 5.02 Å². The Morgan fingerprint density at radius 1 is 1.00 bits per heavy atom. The van der Waals surface area contributed by atoms with E-state index in [1.807, 2.05) is 48.5 Å². The Labute approximate surface area is 144 Å². The van der Waals surface area contributed by atoms with E-state index in [1.54, 1.807) is 6.08 Å². The number of nitrogens with one attached hydrogen (secondary N) is 2. The molecular weight excluding hydrogens is 328 g/mol. The third kappa shape index (κ3) is 3.94. The molecule has 122 valence electrons. The molecule has 3 rings (SSSR count). The number of para-hydroxylation sites is 1. The fourth-order valence-electron chi connectivity index (χ4n) is 2.29. The molecule has 0 aliphatic carbocycles. The summed E-state index contributed by atoms with van der Waals surface area (Å²) >= 11 is 5.87. The van der Waals surface area contributed by atoms with Gasteiger partial charge in [-0.2, -0.15) is 0 Å². The van der Waals surface area contributed by atoms with Crippen LogP contribution < -0.4 is 15.4 Å². The maximum Gasteiger partial charge on any atom is 0.326 e. The Balaban J connectivity index is 1.69. The molecule has 0 bridgehead atoms. The number of carbonyl (C=O) groups excluding carboxylic acids is 2. The second-order valence-corrected chi connectivity index (χ2v) is 5.69. The third-order valence-corrected chi connectivity index (χ3v) is 3.78. The van der Waals surface area contributed by atoms with E-state index in [0.717, 1.165) is 16.9 Å². The summed E-state index contributed by atoms with van der Waals surface area (Å²) in [4.78, 5) is 22.6. The van der Waals surface area contributed by atoms with Crippen molar-refractivity contribution in [2.75, 3.05) is 0 Å². The van der Waals surface area contributed by atoms with Crippen LogP contribution in [0, 0.1) is 0 Å². The van der Waals surface area contributed by atoms with E-state index in [-0.39, 0.29) is 5.70 Å². The van der Waals surface area contributed by atoms with Gasteiger partial charge >= 0.3 is 6.03 Å². The highest BCUT2D eigenvalue weighted by Crippen LogP contribution is 2.21. The van der Waals surface area contributed by atoms with Gasteiger partial charge in [0.1, 0.15) is 18.1 Å². The van der Waals surface area contributed by atoms with Gasteiger partial charge in [-0.05, 0) is 35.7 Å². The van der Waals surface area contributed by atoms with Crippen LogP contribution in [0.5, 0.6) is 5.75 Å². The van der Waals surface area contributed by atoms with E-state index in [0.29, 0.717) is 18.1 Å². The van der Waals surface area contributed by atoms with Crippen LogP contribution >= 0.6 is 11.6 Å². The Kier molecular flexibility index (Phi) is 4.82. The predicted octanol–water partition coefficient (Wildman–Crippen LogP) is 3.18. The number of rotatable bonds is 5. The van der Waals surface area contributed by atoms with E-state index < -0.39 is 11.9 Å². The number of halogens is 1. The first-order valence-corrected chi connectivity index (χ1v) is 7.77.